The Bertz CT molecular complexity index is 355. The summed E-state index contributed by atoms with van der Waals surface area (Å²) in [6.07, 6.45) is 0. The van der Waals surface area contributed by atoms with Gasteiger partial charge in [0, 0.05) is 18.3 Å². The van der Waals surface area contributed by atoms with Crippen molar-refractivity contribution in [3.63, 3.8) is 0 Å². The predicted molar refractivity (Wildman–Crippen MR) is 63.0 cm³/mol. The molecule has 16 heavy (non-hydrogen) atoms. The van der Waals surface area contributed by atoms with Crippen LogP contribution >= 0.6 is 0 Å². The quantitative estimate of drug-likeness (QED) is 0.668. The molecule has 1 aromatic rings. The second-order valence-corrected chi connectivity index (χ2v) is 3.63. The largest absolute Gasteiger partial charge is 0.492 e. The molecule has 0 unspecified atom stereocenters. The van der Waals surface area contributed by atoms with E-state index in [0.29, 0.717) is 18.8 Å². The maximum atomic E-state index is 10.6. The summed E-state index contributed by atoms with van der Waals surface area (Å²) >= 11 is 0. The highest BCUT2D eigenvalue weighted by molar-refractivity contribution is 5.75. The molecule has 5 nitrogen and oxygen atoms in total. The van der Waals surface area contributed by atoms with Gasteiger partial charge < -0.3 is 16.2 Å². The molecule has 0 heterocycles. The van der Waals surface area contributed by atoms with Crippen LogP contribution in [0.5, 0.6) is 5.75 Å². The minimum absolute atomic E-state index is 0.236. The van der Waals surface area contributed by atoms with E-state index in [-0.39, 0.29) is 12.5 Å². The van der Waals surface area contributed by atoms with Gasteiger partial charge in [0.15, 0.2) is 0 Å². The monoisotopic (exact) mass is 223 g/mol. The van der Waals surface area contributed by atoms with Crippen LogP contribution in [0.25, 0.3) is 0 Å². The number of carbonyl (C=O) groups is 1. The molecule has 0 aliphatic rings. The SMILES string of the molecule is CN(CCOc1cccc(N)c1)CC(N)=O. The molecule has 4 N–H and O–H groups in total. The lowest BCUT2D eigenvalue weighted by Crippen LogP contribution is -2.33. The van der Waals surface area contributed by atoms with E-state index in [1.54, 1.807) is 17.0 Å². The average molecular weight is 223 g/mol. The molecule has 5 heteroatoms. The Labute approximate surface area is 95.0 Å². The Morgan fingerprint density at radius 1 is 1.50 bits per heavy atom. The highest BCUT2D eigenvalue weighted by Crippen LogP contribution is 2.13. The Hall–Kier alpha value is -1.75. The molecule has 1 aromatic carbocycles. The molecule has 88 valence electrons. The van der Waals surface area contributed by atoms with Crippen LogP contribution < -0.4 is 16.2 Å². The van der Waals surface area contributed by atoms with Crippen molar-refractivity contribution in [1.29, 1.82) is 0 Å². The van der Waals surface area contributed by atoms with Crippen molar-refractivity contribution in [2.24, 2.45) is 5.73 Å². The first-order chi connectivity index (χ1) is 7.58. The van der Waals surface area contributed by atoms with Crippen LogP contribution in [-0.2, 0) is 4.79 Å². The van der Waals surface area contributed by atoms with Crippen molar-refractivity contribution in [1.82, 2.24) is 4.90 Å². The third-order valence-electron chi connectivity index (χ3n) is 2.03. The first-order valence-electron chi connectivity index (χ1n) is 5.03. The van der Waals surface area contributed by atoms with Crippen molar-refractivity contribution in [2.45, 2.75) is 0 Å². The van der Waals surface area contributed by atoms with Gasteiger partial charge in [-0.05, 0) is 19.2 Å². The van der Waals surface area contributed by atoms with Crippen LogP contribution in [0.15, 0.2) is 24.3 Å². The van der Waals surface area contributed by atoms with Gasteiger partial charge in [0.2, 0.25) is 5.91 Å². The van der Waals surface area contributed by atoms with E-state index in [0.717, 1.165) is 5.75 Å². The number of benzene rings is 1. The number of nitrogens with two attached hydrogens (primary N) is 2. The summed E-state index contributed by atoms with van der Waals surface area (Å²) < 4.78 is 5.47. The molecule has 1 amide bonds. The third-order valence-corrected chi connectivity index (χ3v) is 2.03. The first kappa shape index (κ1) is 12.3. The number of anilines is 1. The lowest BCUT2D eigenvalue weighted by molar-refractivity contribution is -0.118. The standard InChI is InChI=1S/C11H17N3O2/c1-14(8-11(13)15)5-6-16-10-4-2-3-9(12)7-10/h2-4,7H,5-6,8,12H2,1H3,(H2,13,15). The van der Waals surface area contributed by atoms with Crippen LogP contribution in [0.2, 0.25) is 0 Å². The van der Waals surface area contributed by atoms with Crippen molar-refractivity contribution in [3.8, 4) is 5.75 Å². The molecule has 0 saturated carbocycles. The van der Waals surface area contributed by atoms with E-state index in [2.05, 4.69) is 0 Å². The Balaban J connectivity index is 2.27. The van der Waals surface area contributed by atoms with Crippen molar-refractivity contribution in [3.05, 3.63) is 24.3 Å². The number of nitrogens with zero attached hydrogens (tertiary/aromatic N) is 1. The lowest BCUT2D eigenvalue weighted by atomic mass is 10.3. The second kappa shape index (κ2) is 5.97. The van der Waals surface area contributed by atoms with Gasteiger partial charge in [-0.3, -0.25) is 9.69 Å². The maximum absolute atomic E-state index is 10.6. The minimum Gasteiger partial charge on any atom is -0.492 e. The van der Waals surface area contributed by atoms with E-state index in [9.17, 15) is 4.79 Å². The molecule has 0 atom stereocenters. The molecule has 0 spiro atoms. The molecule has 0 aliphatic heterocycles. The fraction of sp³-hybridized carbons (Fsp3) is 0.364. The molecule has 1 rings (SSSR count). The number of rotatable bonds is 6. The summed E-state index contributed by atoms with van der Waals surface area (Å²) in [5.41, 5.74) is 11.3. The van der Waals surface area contributed by atoms with Crippen molar-refractivity contribution < 1.29 is 9.53 Å². The van der Waals surface area contributed by atoms with Crippen LogP contribution in [0, 0.1) is 0 Å². The topological polar surface area (TPSA) is 81.6 Å². The Kier molecular flexibility index (Phi) is 4.60. The fourth-order valence-electron chi connectivity index (χ4n) is 1.27. The van der Waals surface area contributed by atoms with E-state index >= 15 is 0 Å². The highest BCUT2D eigenvalue weighted by atomic mass is 16.5. The molecule has 0 aliphatic carbocycles. The average Bonchev–Trinajstić information content (AvgIpc) is 2.16. The number of amides is 1. The number of carbonyl (C=O) groups excluding carboxylic acids is 1. The van der Waals surface area contributed by atoms with Crippen LogP contribution in [0.1, 0.15) is 0 Å². The number of nitrogen functional groups attached to an aromatic ring is 1. The third kappa shape index (κ3) is 4.65. The number of ether oxygens (including phenoxy) is 1. The number of primary amides is 1. The zero-order valence-electron chi connectivity index (χ0n) is 9.35. The molecule has 0 aromatic heterocycles. The van der Waals surface area contributed by atoms with E-state index in [1.807, 2.05) is 19.2 Å². The fourth-order valence-corrected chi connectivity index (χ4v) is 1.27. The molecular weight excluding hydrogens is 206 g/mol. The van der Waals surface area contributed by atoms with Crippen LogP contribution in [0.4, 0.5) is 5.69 Å². The molecule has 0 saturated heterocycles. The molecule has 0 radical (unpaired) electrons. The van der Waals surface area contributed by atoms with Gasteiger partial charge in [0.1, 0.15) is 12.4 Å². The zero-order chi connectivity index (χ0) is 12.0. The van der Waals surface area contributed by atoms with Gasteiger partial charge in [-0.1, -0.05) is 6.07 Å². The smallest absolute Gasteiger partial charge is 0.231 e. The minimum atomic E-state index is -0.341. The lowest BCUT2D eigenvalue weighted by Gasteiger charge is -2.14. The zero-order valence-corrected chi connectivity index (χ0v) is 9.35. The second-order valence-electron chi connectivity index (χ2n) is 3.63. The number of hydrogen-bond acceptors (Lipinski definition) is 4. The van der Waals surface area contributed by atoms with Crippen LogP contribution in [-0.4, -0.2) is 37.6 Å². The van der Waals surface area contributed by atoms with Gasteiger partial charge in [0.25, 0.3) is 0 Å². The molecular formula is C11H17N3O2. The molecule has 0 bridgehead atoms. The normalized spacial score (nSPS) is 10.4. The summed E-state index contributed by atoms with van der Waals surface area (Å²) in [7, 11) is 1.81. The summed E-state index contributed by atoms with van der Waals surface area (Å²) in [5, 5.41) is 0. The highest BCUT2D eigenvalue weighted by Gasteiger charge is 2.02. The number of likely N-dealkylation sites (N-methyl/N-ethyl adjacent to an activating group) is 1. The van der Waals surface area contributed by atoms with Gasteiger partial charge in [-0.2, -0.15) is 0 Å². The summed E-state index contributed by atoms with van der Waals surface area (Å²) in [6.45, 7) is 1.37. The van der Waals surface area contributed by atoms with Crippen LogP contribution in [0.3, 0.4) is 0 Å². The Morgan fingerprint density at radius 3 is 2.88 bits per heavy atom. The van der Waals surface area contributed by atoms with Crippen molar-refractivity contribution in [2.75, 3.05) is 32.5 Å². The van der Waals surface area contributed by atoms with Gasteiger partial charge in [-0.25, -0.2) is 0 Å². The number of hydrogen-bond donors (Lipinski definition) is 2. The van der Waals surface area contributed by atoms with Gasteiger partial charge in [-0.15, -0.1) is 0 Å². The Morgan fingerprint density at radius 2 is 2.25 bits per heavy atom. The summed E-state index contributed by atoms with van der Waals surface area (Å²) in [5.74, 6) is 0.388. The van der Waals surface area contributed by atoms with E-state index < -0.39 is 0 Å². The maximum Gasteiger partial charge on any atom is 0.231 e. The first-order valence-corrected chi connectivity index (χ1v) is 5.03. The van der Waals surface area contributed by atoms with Crippen molar-refractivity contribution >= 4 is 11.6 Å². The predicted octanol–water partition coefficient (Wildman–Crippen LogP) is 0.0647. The van der Waals surface area contributed by atoms with E-state index in [1.165, 1.54) is 0 Å². The van der Waals surface area contributed by atoms with E-state index in [4.69, 9.17) is 16.2 Å². The summed E-state index contributed by atoms with van der Waals surface area (Å²) in [4.78, 5) is 12.4. The summed E-state index contributed by atoms with van der Waals surface area (Å²) in [6, 6.07) is 7.22. The molecule has 0 fully saturated rings. The van der Waals surface area contributed by atoms with Gasteiger partial charge in [0.05, 0.1) is 6.54 Å². The van der Waals surface area contributed by atoms with Gasteiger partial charge >= 0.3 is 0 Å².